The number of amides is 1. The van der Waals surface area contributed by atoms with Gasteiger partial charge in [-0.05, 0) is 57.0 Å². The second-order valence-electron chi connectivity index (χ2n) is 7.01. The van der Waals surface area contributed by atoms with Gasteiger partial charge in [-0.15, -0.1) is 0 Å². The van der Waals surface area contributed by atoms with Gasteiger partial charge in [-0.25, -0.2) is 15.4 Å². The summed E-state index contributed by atoms with van der Waals surface area (Å²) in [5.74, 6) is -0.202. The number of hydrogen-bond acceptors (Lipinski definition) is 5. The highest BCUT2D eigenvalue weighted by atomic mass is 16.2. The molecule has 0 saturated carbocycles. The van der Waals surface area contributed by atoms with E-state index in [4.69, 9.17) is 0 Å². The number of nitrogens with one attached hydrogen (secondary N) is 2. The van der Waals surface area contributed by atoms with Crippen LogP contribution < -0.4 is 5.43 Å². The number of nitrogens with zero attached hydrogens (tertiary/aromatic N) is 4. The molecule has 7 nitrogen and oxygen atoms in total. The van der Waals surface area contributed by atoms with Crippen molar-refractivity contribution in [3.63, 3.8) is 0 Å². The summed E-state index contributed by atoms with van der Waals surface area (Å²) in [6.07, 6.45) is 11.3. The number of aromatic nitrogens is 3. The molecule has 4 rings (SSSR count). The number of carbonyl (C=O) groups excluding carboxylic acids is 1. The summed E-state index contributed by atoms with van der Waals surface area (Å²) in [5.41, 5.74) is 9.41. The molecule has 0 bridgehead atoms. The van der Waals surface area contributed by atoms with Gasteiger partial charge in [-0.1, -0.05) is 0 Å². The largest absolute Gasteiger partial charge is 0.358 e. The van der Waals surface area contributed by atoms with E-state index in [1.807, 2.05) is 6.08 Å². The second kappa shape index (κ2) is 6.84. The quantitative estimate of drug-likeness (QED) is 0.821. The number of aromatic amines is 1. The molecule has 2 N–H and O–H groups in total. The molecule has 2 aromatic heterocycles. The number of carbonyl (C=O) groups is 1. The Morgan fingerprint density at radius 1 is 1.19 bits per heavy atom. The van der Waals surface area contributed by atoms with E-state index in [0.717, 1.165) is 30.6 Å². The topological polar surface area (TPSA) is 86.3 Å². The van der Waals surface area contributed by atoms with Crippen LogP contribution in [0.1, 0.15) is 40.9 Å². The van der Waals surface area contributed by atoms with Crippen molar-refractivity contribution in [3.8, 4) is 0 Å². The van der Waals surface area contributed by atoms with Gasteiger partial charge in [0.2, 0.25) is 0 Å². The maximum atomic E-state index is 12.4. The lowest BCUT2D eigenvalue weighted by Gasteiger charge is -2.15. The van der Waals surface area contributed by atoms with Crippen molar-refractivity contribution in [1.82, 2.24) is 25.3 Å². The number of hydrazone groups is 1. The molecule has 0 aromatic carbocycles. The minimum absolute atomic E-state index is 0.202. The molecule has 0 saturated heterocycles. The van der Waals surface area contributed by atoms with Crippen molar-refractivity contribution in [2.45, 2.75) is 32.2 Å². The molecule has 134 valence electrons. The van der Waals surface area contributed by atoms with E-state index in [9.17, 15) is 4.79 Å². The number of rotatable bonds is 4. The predicted molar refractivity (Wildman–Crippen MR) is 99.5 cm³/mol. The van der Waals surface area contributed by atoms with Crippen LogP contribution in [0.4, 0.5) is 0 Å². The lowest BCUT2D eigenvalue weighted by molar-refractivity contribution is -0.116. The lowest BCUT2D eigenvalue weighted by atomic mass is 9.93. The van der Waals surface area contributed by atoms with Gasteiger partial charge in [-0.3, -0.25) is 4.79 Å². The number of aryl methyl sites for hydroxylation is 1. The first-order chi connectivity index (χ1) is 12.6. The molecule has 0 atom stereocenters. The van der Waals surface area contributed by atoms with E-state index < -0.39 is 0 Å². The standard InChI is InChI=1S/C19H22N6O/c1-25(2)10-15-13-5-3-4-6-16(13)22-17(15)7-14-18(23-24-19(14)26)12-8-20-11-21-9-12/h7-9,11,22H,3-6,10H2,1-2H3,(H,24,26)/b14-7+. The van der Waals surface area contributed by atoms with Crippen LogP contribution in [-0.2, 0) is 24.2 Å². The van der Waals surface area contributed by atoms with E-state index >= 15 is 0 Å². The third-order valence-electron chi connectivity index (χ3n) is 4.81. The minimum atomic E-state index is -0.202. The maximum absolute atomic E-state index is 12.4. The first kappa shape index (κ1) is 16.7. The van der Waals surface area contributed by atoms with Crippen LogP contribution in [0.15, 0.2) is 29.4 Å². The molecule has 26 heavy (non-hydrogen) atoms. The average molecular weight is 350 g/mol. The molecule has 7 heteroatoms. The lowest BCUT2D eigenvalue weighted by Crippen LogP contribution is -2.15. The molecule has 3 heterocycles. The van der Waals surface area contributed by atoms with Gasteiger partial charge in [0.1, 0.15) is 12.0 Å². The normalized spacial score (nSPS) is 18.2. The number of fused-ring (bicyclic) bond motifs is 1. The second-order valence-corrected chi connectivity index (χ2v) is 7.01. The van der Waals surface area contributed by atoms with Crippen molar-refractivity contribution in [2.75, 3.05) is 14.1 Å². The van der Waals surface area contributed by atoms with Crippen molar-refractivity contribution in [2.24, 2.45) is 5.10 Å². The summed E-state index contributed by atoms with van der Waals surface area (Å²) in [4.78, 5) is 26.2. The van der Waals surface area contributed by atoms with Crippen molar-refractivity contribution in [3.05, 3.63) is 52.4 Å². The molecule has 1 aliphatic carbocycles. The predicted octanol–water partition coefficient (Wildman–Crippen LogP) is 1.66. The third kappa shape index (κ3) is 3.06. The number of hydrogen-bond donors (Lipinski definition) is 2. The summed E-state index contributed by atoms with van der Waals surface area (Å²) >= 11 is 0. The minimum Gasteiger partial charge on any atom is -0.358 e. The Labute approximate surface area is 152 Å². The first-order valence-electron chi connectivity index (χ1n) is 8.86. The molecular formula is C19H22N6O. The summed E-state index contributed by atoms with van der Waals surface area (Å²) in [6, 6.07) is 0. The average Bonchev–Trinajstić information content (AvgIpc) is 3.17. The van der Waals surface area contributed by atoms with Gasteiger partial charge in [0, 0.05) is 35.9 Å². The van der Waals surface area contributed by atoms with Crippen LogP contribution >= 0.6 is 0 Å². The Balaban J connectivity index is 1.78. The maximum Gasteiger partial charge on any atom is 0.273 e. The Morgan fingerprint density at radius 2 is 1.96 bits per heavy atom. The van der Waals surface area contributed by atoms with Gasteiger partial charge < -0.3 is 9.88 Å². The fraction of sp³-hybridized carbons (Fsp3) is 0.368. The molecule has 0 radical (unpaired) electrons. The molecule has 1 amide bonds. The Kier molecular flexibility index (Phi) is 4.38. The molecule has 0 spiro atoms. The van der Waals surface area contributed by atoms with E-state index in [-0.39, 0.29) is 5.91 Å². The zero-order chi connectivity index (χ0) is 18.1. The van der Waals surface area contributed by atoms with E-state index in [0.29, 0.717) is 11.3 Å². The number of H-pyrrole nitrogens is 1. The Bertz CT molecular complexity index is 894. The van der Waals surface area contributed by atoms with Crippen LogP contribution in [0.25, 0.3) is 6.08 Å². The highest BCUT2D eigenvalue weighted by Gasteiger charge is 2.26. The van der Waals surface area contributed by atoms with Crippen LogP contribution in [-0.4, -0.2) is 45.6 Å². The Hall–Kier alpha value is -2.80. The van der Waals surface area contributed by atoms with E-state index in [1.54, 1.807) is 12.4 Å². The van der Waals surface area contributed by atoms with Gasteiger partial charge in [-0.2, -0.15) is 5.10 Å². The van der Waals surface area contributed by atoms with Gasteiger partial charge in [0.15, 0.2) is 0 Å². The van der Waals surface area contributed by atoms with Crippen molar-refractivity contribution >= 4 is 17.7 Å². The van der Waals surface area contributed by atoms with Gasteiger partial charge >= 0.3 is 0 Å². The van der Waals surface area contributed by atoms with Crippen LogP contribution in [0.5, 0.6) is 0 Å². The third-order valence-corrected chi connectivity index (χ3v) is 4.81. The zero-order valence-electron chi connectivity index (χ0n) is 15.0. The highest BCUT2D eigenvalue weighted by Crippen LogP contribution is 2.30. The van der Waals surface area contributed by atoms with Crippen LogP contribution in [0.3, 0.4) is 0 Å². The SMILES string of the molecule is CN(C)Cc1c(/C=C2/C(=O)NN=C2c2cncnc2)[nH]c2c1CCCC2. The zero-order valence-corrected chi connectivity index (χ0v) is 15.0. The summed E-state index contributed by atoms with van der Waals surface area (Å²) in [7, 11) is 4.13. The molecular weight excluding hydrogens is 328 g/mol. The molecule has 2 aliphatic rings. The monoisotopic (exact) mass is 350 g/mol. The van der Waals surface area contributed by atoms with E-state index in [1.165, 1.54) is 36.0 Å². The molecule has 0 unspecified atom stereocenters. The van der Waals surface area contributed by atoms with Crippen LogP contribution in [0, 0.1) is 0 Å². The highest BCUT2D eigenvalue weighted by molar-refractivity contribution is 6.33. The van der Waals surface area contributed by atoms with Crippen molar-refractivity contribution in [1.29, 1.82) is 0 Å². The van der Waals surface area contributed by atoms with E-state index in [2.05, 4.69) is 44.5 Å². The van der Waals surface area contributed by atoms with Crippen LogP contribution in [0.2, 0.25) is 0 Å². The van der Waals surface area contributed by atoms with Gasteiger partial charge in [0.05, 0.1) is 5.57 Å². The van der Waals surface area contributed by atoms with Gasteiger partial charge in [0.25, 0.3) is 5.91 Å². The smallest absolute Gasteiger partial charge is 0.273 e. The fourth-order valence-electron chi connectivity index (χ4n) is 3.65. The molecule has 2 aromatic rings. The molecule has 0 fully saturated rings. The van der Waals surface area contributed by atoms with Crippen molar-refractivity contribution < 1.29 is 4.79 Å². The first-order valence-corrected chi connectivity index (χ1v) is 8.86. The Morgan fingerprint density at radius 3 is 2.73 bits per heavy atom. The summed E-state index contributed by atoms with van der Waals surface area (Å²) in [5, 5.41) is 4.18. The fourth-order valence-corrected chi connectivity index (χ4v) is 3.65. The summed E-state index contributed by atoms with van der Waals surface area (Å²) < 4.78 is 0. The molecule has 1 aliphatic heterocycles. The summed E-state index contributed by atoms with van der Waals surface area (Å²) in [6.45, 7) is 0.841.